The molecule has 3 aromatic rings. The van der Waals surface area contributed by atoms with Crippen LogP contribution in [0.25, 0.3) is 11.0 Å². The number of fused-ring (bicyclic) bond motifs is 1. The Bertz CT molecular complexity index is 747. The maximum absolute atomic E-state index is 6.03. The third kappa shape index (κ3) is 2.34. The molecular formula is C15H11Cl2N2. The van der Waals surface area contributed by atoms with Crippen LogP contribution < -0.4 is 0 Å². The Hall–Kier alpha value is -1.51. The van der Waals surface area contributed by atoms with E-state index in [1.54, 1.807) is 6.20 Å². The van der Waals surface area contributed by atoms with Gasteiger partial charge in [0.25, 0.3) is 0 Å². The van der Waals surface area contributed by atoms with Crippen molar-refractivity contribution in [2.45, 2.75) is 6.54 Å². The van der Waals surface area contributed by atoms with Crippen LogP contribution >= 0.6 is 23.2 Å². The lowest BCUT2D eigenvalue weighted by atomic mass is 10.2. The molecule has 1 aromatic carbocycles. The van der Waals surface area contributed by atoms with E-state index in [0.29, 0.717) is 16.6 Å². The molecule has 0 aliphatic carbocycles. The van der Waals surface area contributed by atoms with Crippen molar-refractivity contribution >= 4 is 34.2 Å². The standard InChI is InChI=1S/C15H11Cl2N2/c1-10-8-19(15-12(10)3-2-6-18-15)9-11-4-5-13(16)14(17)7-11/h2-8H,1,9H2. The molecule has 0 aliphatic rings. The third-order valence-corrected chi connectivity index (χ3v) is 3.79. The Labute approximate surface area is 121 Å². The summed E-state index contributed by atoms with van der Waals surface area (Å²) in [5.41, 5.74) is 2.98. The summed E-state index contributed by atoms with van der Waals surface area (Å²) in [6.45, 7) is 4.73. The second-order valence-electron chi connectivity index (χ2n) is 4.41. The van der Waals surface area contributed by atoms with Crippen LogP contribution in [0.3, 0.4) is 0 Å². The monoisotopic (exact) mass is 289 g/mol. The smallest absolute Gasteiger partial charge is 0.140 e. The Morgan fingerprint density at radius 2 is 2.00 bits per heavy atom. The van der Waals surface area contributed by atoms with E-state index in [9.17, 15) is 0 Å². The SMILES string of the molecule is [CH2]c1cn(Cc2ccc(Cl)c(Cl)c2)c2ncccc12. The summed E-state index contributed by atoms with van der Waals surface area (Å²) in [7, 11) is 0. The number of aromatic nitrogens is 2. The summed E-state index contributed by atoms with van der Waals surface area (Å²) in [5.74, 6) is 0. The van der Waals surface area contributed by atoms with Crippen LogP contribution in [0.1, 0.15) is 11.1 Å². The highest BCUT2D eigenvalue weighted by atomic mass is 35.5. The Morgan fingerprint density at radius 1 is 1.16 bits per heavy atom. The molecule has 0 bridgehead atoms. The van der Waals surface area contributed by atoms with Gasteiger partial charge in [0.15, 0.2) is 0 Å². The van der Waals surface area contributed by atoms with Gasteiger partial charge in [-0.25, -0.2) is 4.98 Å². The minimum Gasteiger partial charge on any atom is -0.328 e. The van der Waals surface area contributed by atoms with Crippen molar-refractivity contribution < 1.29 is 0 Å². The molecule has 2 nitrogen and oxygen atoms in total. The first-order valence-electron chi connectivity index (χ1n) is 5.85. The highest BCUT2D eigenvalue weighted by molar-refractivity contribution is 6.42. The summed E-state index contributed by atoms with van der Waals surface area (Å²) < 4.78 is 2.07. The van der Waals surface area contributed by atoms with Crippen molar-refractivity contribution in [3.05, 3.63) is 70.8 Å². The molecule has 0 atom stereocenters. The van der Waals surface area contributed by atoms with E-state index in [1.165, 1.54) is 0 Å². The Kier molecular flexibility index (Phi) is 3.21. The molecule has 0 N–H and O–H groups in total. The van der Waals surface area contributed by atoms with Crippen molar-refractivity contribution in [2.24, 2.45) is 0 Å². The molecule has 0 spiro atoms. The van der Waals surface area contributed by atoms with Crippen molar-refractivity contribution in [1.29, 1.82) is 0 Å². The number of hydrogen-bond acceptors (Lipinski definition) is 1. The lowest BCUT2D eigenvalue weighted by Gasteiger charge is -2.06. The van der Waals surface area contributed by atoms with Crippen LogP contribution in [0.2, 0.25) is 10.0 Å². The van der Waals surface area contributed by atoms with Gasteiger partial charge in [-0.15, -0.1) is 0 Å². The van der Waals surface area contributed by atoms with Gasteiger partial charge in [0.05, 0.1) is 10.0 Å². The van der Waals surface area contributed by atoms with Crippen molar-refractivity contribution in [3.63, 3.8) is 0 Å². The molecule has 95 valence electrons. The lowest BCUT2D eigenvalue weighted by Crippen LogP contribution is -1.99. The molecule has 4 heteroatoms. The second kappa shape index (κ2) is 4.87. The normalized spacial score (nSPS) is 11.1. The first-order valence-corrected chi connectivity index (χ1v) is 6.60. The van der Waals surface area contributed by atoms with E-state index in [1.807, 2.05) is 36.5 Å². The van der Waals surface area contributed by atoms with E-state index < -0.39 is 0 Å². The summed E-state index contributed by atoms with van der Waals surface area (Å²) in [5, 5.41) is 2.21. The van der Waals surface area contributed by atoms with Crippen molar-refractivity contribution in [3.8, 4) is 0 Å². The molecule has 2 heterocycles. The molecule has 0 saturated heterocycles. The highest BCUT2D eigenvalue weighted by Crippen LogP contribution is 2.24. The zero-order chi connectivity index (χ0) is 13.4. The van der Waals surface area contributed by atoms with Gasteiger partial charge in [-0.3, -0.25) is 0 Å². The molecule has 0 saturated carbocycles. The molecular weight excluding hydrogens is 279 g/mol. The zero-order valence-electron chi connectivity index (χ0n) is 10.1. The fourth-order valence-electron chi connectivity index (χ4n) is 2.15. The van der Waals surface area contributed by atoms with E-state index >= 15 is 0 Å². The first kappa shape index (κ1) is 12.5. The predicted octanol–water partition coefficient (Wildman–Crippen LogP) is 4.57. The maximum atomic E-state index is 6.03. The Morgan fingerprint density at radius 3 is 2.79 bits per heavy atom. The molecule has 3 rings (SSSR count). The molecule has 0 amide bonds. The van der Waals surface area contributed by atoms with Gasteiger partial charge < -0.3 is 4.57 Å². The fraction of sp³-hybridized carbons (Fsp3) is 0.0667. The number of rotatable bonds is 2. The summed E-state index contributed by atoms with van der Waals surface area (Å²) >= 11 is 12.0. The van der Waals surface area contributed by atoms with Gasteiger partial charge in [0.1, 0.15) is 5.65 Å². The van der Waals surface area contributed by atoms with Crippen LogP contribution in [-0.4, -0.2) is 9.55 Å². The second-order valence-corrected chi connectivity index (χ2v) is 5.22. The largest absolute Gasteiger partial charge is 0.328 e. The molecule has 1 radical (unpaired) electrons. The van der Waals surface area contributed by atoms with E-state index in [2.05, 4.69) is 16.5 Å². The molecule has 2 aromatic heterocycles. The summed E-state index contributed by atoms with van der Waals surface area (Å²) in [6.07, 6.45) is 3.79. The van der Waals surface area contributed by atoms with Crippen LogP contribution in [0.15, 0.2) is 42.7 Å². The highest BCUT2D eigenvalue weighted by Gasteiger charge is 2.07. The van der Waals surface area contributed by atoms with Gasteiger partial charge in [-0.1, -0.05) is 29.3 Å². The zero-order valence-corrected chi connectivity index (χ0v) is 11.6. The summed E-state index contributed by atoms with van der Waals surface area (Å²) in [4.78, 5) is 4.40. The van der Waals surface area contributed by atoms with Gasteiger partial charge in [-0.2, -0.15) is 0 Å². The minimum atomic E-state index is 0.568. The maximum Gasteiger partial charge on any atom is 0.140 e. The van der Waals surface area contributed by atoms with Gasteiger partial charge >= 0.3 is 0 Å². The van der Waals surface area contributed by atoms with Crippen molar-refractivity contribution in [1.82, 2.24) is 9.55 Å². The quantitative estimate of drug-likeness (QED) is 0.675. The molecule has 0 aliphatic heterocycles. The number of benzene rings is 1. The van der Waals surface area contributed by atoms with Gasteiger partial charge in [0.2, 0.25) is 0 Å². The van der Waals surface area contributed by atoms with Gasteiger partial charge in [0, 0.05) is 24.3 Å². The summed E-state index contributed by atoms with van der Waals surface area (Å²) in [6, 6.07) is 9.59. The fourth-order valence-corrected chi connectivity index (χ4v) is 2.47. The van der Waals surface area contributed by atoms with Crippen molar-refractivity contribution in [2.75, 3.05) is 0 Å². The van der Waals surface area contributed by atoms with Gasteiger partial charge in [-0.05, 0) is 42.3 Å². The number of halogens is 2. The molecule has 0 fully saturated rings. The van der Waals surface area contributed by atoms with E-state index in [4.69, 9.17) is 23.2 Å². The van der Waals surface area contributed by atoms with Crippen LogP contribution in [-0.2, 0) is 6.54 Å². The van der Waals surface area contributed by atoms with E-state index in [0.717, 1.165) is 22.2 Å². The van der Waals surface area contributed by atoms with Crippen LogP contribution in [0, 0.1) is 6.92 Å². The van der Waals surface area contributed by atoms with Crippen LogP contribution in [0.4, 0.5) is 0 Å². The predicted molar refractivity (Wildman–Crippen MR) is 79.8 cm³/mol. The first-order chi connectivity index (χ1) is 9.15. The molecule has 19 heavy (non-hydrogen) atoms. The lowest BCUT2D eigenvalue weighted by molar-refractivity contribution is 0.824. The average Bonchev–Trinajstić information content (AvgIpc) is 2.72. The number of hydrogen-bond donors (Lipinski definition) is 0. The minimum absolute atomic E-state index is 0.568. The topological polar surface area (TPSA) is 17.8 Å². The third-order valence-electron chi connectivity index (χ3n) is 3.05. The number of nitrogens with zero attached hydrogens (tertiary/aromatic N) is 2. The number of pyridine rings is 1. The Balaban J connectivity index is 2.03. The average molecular weight is 290 g/mol. The van der Waals surface area contributed by atoms with E-state index in [-0.39, 0.29) is 0 Å². The van der Waals surface area contributed by atoms with Crippen LogP contribution in [0.5, 0.6) is 0 Å². The molecule has 0 unspecified atom stereocenters.